The van der Waals surface area contributed by atoms with E-state index < -0.39 is 11.8 Å². The first kappa shape index (κ1) is 19.3. The summed E-state index contributed by atoms with van der Waals surface area (Å²) in [6.45, 7) is 6.32. The molecule has 138 valence electrons. The number of nitrogens with one attached hydrogen (secondary N) is 2. The molecule has 2 amide bonds. The minimum Gasteiger partial charge on any atom is -0.493 e. The molecule has 0 heterocycles. The van der Waals surface area contributed by atoms with Gasteiger partial charge in [0.25, 0.3) is 0 Å². The lowest BCUT2D eigenvalue weighted by Crippen LogP contribution is -2.29. The lowest BCUT2D eigenvalue weighted by atomic mass is 9.87. The Balaban J connectivity index is 2.03. The molecule has 0 aliphatic heterocycles. The summed E-state index contributed by atoms with van der Waals surface area (Å²) in [6.07, 6.45) is 0. The molecule has 2 rings (SSSR count). The van der Waals surface area contributed by atoms with Crippen molar-refractivity contribution in [1.82, 2.24) is 0 Å². The van der Waals surface area contributed by atoms with Crippen molar-refractivity contribution in [1.29, 1.82) is 0 Å². The van der Waals surface area contributed by atoms with Crippen molar-refractivity contribution < 1.29 is 19.1 Å². The van der Waals surface area contributed by atoms with E-state index in [9.17, 15) is 9.59 Å². The molecule has 2 aromatic rings. The van der Waals surface area contributed by atoms with Gasteiger partial charge in [-0.25, -0.2) is 0 Å². The maximum atomic E-state index is 12.1. The summed E-state index contributed by atoms with van der Waals surface area (Å²) in [7, 11) is 3.02. The van der Waals surface area contributed by atoms with Crippen molar-refractivity contribution in [2.75, 3.05) is 24.9 Å². The molecule has 6 heteroatoms. The Morgan fingerprint density at radius 1 is 0.769 bits per heavy atom. The third kappa shape index (κ3) is 4.75. The van der Waals surface area contributed by atoms with Gasteiger partial charge in [0.2, 0.25) is 0 Å². The van der Waals surface area contributed by atoms with Gasteiger partial charge in [-0.3, -0.25) is 9.59 Å². The molecular weight excluding hydrogens is 332 g/mol. The van der Waals surface area contributed by atoms with E-state index >= 15 is 0 Å². The first-order valence-electron chi connectivity index (χ1n) is 8.19. The van der Waals surface area contributed by atoms with Crippen LogP contribution in [0, 0.1) is 0 Å². The van der Waals surface area contributed by atoms with Gasteiger partial charge in [-0.05, 0) is 35.2 Å². The molecule has 0 aliphatic carbocycles. The standard InChI is InChI=1S/C20H24N2O4/c1-20(2,3)13-6-8-14(9-7-13)21-18(23)19(24)22-15-10-11-16(25-4)17(12-15)26-5/h6-12H,1-5H3,(H,21,23)(H,22,24). The Hall–Kier alpha value is -3.02. The number of rotatable bonds is 4. The van der Waals surface area contributed by atoms with Crippen LogP contribution in [0.15, 0.2) is 42.5 Å². The molecule has 0 saturated heterocycles. The third-order valence-corrected chi connectivity index (χ3v) is 3.86. The number of ether oxygens (including phenoxy) is 2. The average molecular weight is 356 g/mol. The zero-order chi connectivity index (χ0) is 19.3. The largest absolute Gasteiger partial charge is 0.493 e. The predicted octanol–water partition coefficient (Wildman–Crippen LogP) is 3.58. The van der Waals surface area contributed by atoms with E-state index in [4.69, 9.17) is 9.47 Å². The quantitative estimate of drug-likeness (QED) is 0.821. The molecule has 0 saturated carbocycles. The van der Waals surface area contributed by atoms with E-state index in [0.717, 1.165) is 5.56 Å². The highest BCUT2D eigenvalue weighted by atomic mass is 16.5. The van der Waals surface area contributed by atoms with Crippen LogP contribution in [0.3, 0.4) is 0 Å². The van der Waals surface area contributed by atoms with E-state index in [1.54, 1.807) is 30.3 Å². The molecule has 0 bridgehead atoms. The van der Waals surface area contributed by atoms with E-state index in [-0.39, 0.29) is 5.41 Å². The van der Waals surface area contributed by atoms with Gasteiger partial charge in [-0.2, -0.15) is 0 Å². The molecule has 0 fully saturated rings. The minimum absolute atomic E-state index is 0.0212. The number of benzene rings is 2. The number of hydrogen-bond donors (Lipinski definition) is 2. The molecular formula is C20H24N2O4. The van der Waals surface area contributed by atoms with E-state index in [1.807, 2.05) is 12.1 Å². The van der Waals surface area contributed by atoms with Crippen molar-refractivity contribution in [2.24, 2.45) is 0 Å². The summed E-state index contributed by atoms with van der Waals surface area (Å²) >= 11 is 0. The first-order chi connectivity index (χ1) is 12.2. The second-order valence-electron chi connectivity index (χ2n) is 6.81. The monoisotopic (exact) mass is 356 g/mol. The number of hydrogen-bond acceptors (Lipinski definition) is 4. The molecule has 0 aromatic heterocycles. The SMILES string of the molecule is COc1ccc(NC(=O)C(=O)Nc2ccc(C(C)(C)C)cc2)cc1OC. The van der Waals surface area contributed by atoms with Crippen molar-refractivity contribution in [2.45, 2.75) is 26.2 Å². The van der Waals surface area contributed by atoms with Crippen molar-refractivity contribution in [3.8, 4) is 11.5 Å². The van der Waals surface area contributed by atoms with Gasteiger partial charge in [-0.15, -0.1) is 0 Å². The number of anilines is 2. The molecule has 2 aromatic carbocycles. The Bertz CT molecular complexity index is 792. The Labute approximate surface area is 153 Å². The van der Waals surface area contributed by atoms with Gasteiger partial charge in [0.1, 0.15) is 0 Å². The van der Waals surface area contributed by atoms with Crippen molar-refractivity contribution >= 4 is 23.2 Å². The van der Waals surface area contributed by atoms with E-state index in [0.29, 0.717) is 22.9 Å². The van der Waals surface area contributed by atoms with Crippen LogP contribution in [0.5, 0.6) is 11.5 Å². The van der Waals surface area contributed by atoms with Gasteiger partial charge < -0.3 is 20.1 Å². The van der Waals surface area contributed by atoms with Crippen LogP contribution < -0.4 is 20.1 Å². The molecule has 26 heavy (non-hydrogen) atoms. The third-order valence-electron chi connectivity index (χ3n) is 3.86. The van der Waals surface area contributed by atoms with Gasteiger partial charge in [0.05, 0.1) is 14.2 Å². The van der Waals surface area contributed by atoms with Gasteiger partial charge in [0.15, 0.2) is 11.5 Å². The fourth-order valence-corrected chi connectivity index (χ4v) is 2.34. The predicted molar refractivity (Wildman–Crippen MR) is 102 cm³/mol. The van der Waals surface area contributed by atoms with Crippen LogP contribution in [0.2, 0.25) is 0 Å². The Kier molecular flexibility index (Phi) is 5.87. The molecule has 6 nitrogen and oxygen atoms in total. The first-order valence-corrected chi connectivity index (χ1v) is 8.19. The van der Waals surface area contributed by atoms with E-state index in [1.165, 1.54) is 14.2 Å². The molecule has 0 aliphatic rings. The highest BCUT2D eigenvalue weighted by Gasteiger charge is 2.17. The summed E-state index contributed by atoms with van der Waals surface area (Å²) in [5.74, 6) is -0.516. The lowest BCUT2D eigenvalue weighted by molar-refractivity contribution is -0.132. The zero-order valence-electron chi connectivity index (χ0n) is 15.7. The van der Waals surface area contributed by atoms with Gasteiger partial charge >= 0.3 is 11.8 Å². The summed E-state index contributed by atoms with van der Waals surface area (Å²) in [4.78, 5) is 24.2. The highest BCUT2D eigenvalue weighted by molar-refractivity contribution is 6.43. The number of carbonyl (C=O) groups is 2. The fraction of sp³-hybridized carbons (Fsp3) is 0.300. The van der Waals surface area contributed by atoms with Crippen LogP contribution in [0.25, 0.3) is 0 Å². The van der Waals surface area contributed by atoms with Crippen LogP contribution >= 0.6 is 0 Å². The summed E-state index contributed by atoms with van der Waals surface area (Å²) in [5.41, 5.74) is 2.16. The topological polar surface area (TPSA) is 76.7 Å². The maximum Gasteiger partial charge on any atom is 0.314 e. The van der Waals surface area contributed by atoms with Gasteiger partial charge in [-0.1, -0.05) is 32.9 Å². The second-order valence-corrected chi connectivity index (χ2v) is 6.81. The van der Waals surface area contributed by atoms with Crippen LogP contribution in [-0.2, 0) is 15.0 Å². The van der Waals surface area contributed by atoms with Crippen molar-refractivity contribution in [3.63, 3.8) is 0 Å². The number of methoxy groups -OCH3 is 2. The molecule has 0 spiro atoms. The average Bonchev–Trinajstić information content (AvgIpc) is 2.61. The molecule has 2 N–H and O–H groups in total. The maximum absolute atomic E-state index is 12.1. The zero-order valence-corrected chi connectivity index (χ0v) is 15.7. The van der Waals surface area contributed by atoms with Crippen LogP contribution in [-0.4, -0.2) is 26.0 Å². The molecule has 0 atom stereocenters. The van der Waals surface area contributed by atoms with Crippen LogP contribution in [0.4, 0.5) is 11.4 Å². The summed E-state index contributed by atoms with van der Waals surface area (Å²) in [6, 6.07) is 12.3. The fourth-order valence-electron chi connectivity index (χ4n) is 2.34. The van der Waals surface area contributed by atoms with Crippen molar-refractivity contribution in [3.05, 3.63) is 48.0 Å². The Morgan fingerprint density at radius 2 is 1.27 bits per heavy atom. The van der Waals surface area contributed by atoms with Gasteiger partial charge in [0, 0.05) is 17.4 Å². The highest BCUT2D eigenvalue weighted by Crippen LogP contribution is 2.29. The number of amides is 2. The Morgan fingerprint density at radius 3 is 1.77 bits per heavy atom. The molecule has 0 unspecified atom stereocenters. The second kappa shape index (κ2) is 7.91. The van der Waals surface area contributed by atoms with E-state index in [2.05, 4.69) is 31.4 Å². The number of carbonyl (C=O) groups excluding carboxylic acids is 2. The van der Waals surface area contributed by atoms with Crippen LogP contribution in [0.1, 0.15) is 26.3 Å². The summed E-state index contributed by atoms with van der Waals surface area (Å²) < 4.78 is 10.3. The minimum atomic E-state index is -0.767. The summed E-state index contributed by atoms with van der Waals surface area (Å²) in [5, 5.41) is 5.12. The normalized spacial score (nSPS) is 10.8. The molecule has 0 radical (unpaired) electrons. The lowest BCUT2D eigenvalue weighted by Gasteiger charge is -2.19. The smallest absolute Gasteiger partial charge is 0.314 e.